The Morgan fingerprint density at radius 3 is 2.75 bits per heavy atom. The number of amides is 2. The Hall–Kier alpha value is -1.36. The van der Waals surface area contributed by atoms with Gasteiger partial charge in [0.25, 0.3) is 5.91 Å². The molecule has 1 unspecified atom stereocenters. The van der Waals surface area contributed by atoms with Crippen molar-refractivity contribution in [2.75, 3.05) is 13.1 Å². The van der Waals surface area contributed by atoms with Gasteiger partial charge in [-0.1, -0.05) is 6.07 Å². The fourth-order valence-electron chi connectivity index (χ4n) is 1.55. The molecule has 0 aliphatic carbocycles. The van der Waals surface area contributed by atoms with Gasteiger partial charge < -0.3 is 10.2 Å². The van der Waals surface area contributed by atoms with E-state index in [0.717, 1.165) is 19.5 Å². The second-order valence-electron chi connectivity index (χ2n) is 3.85. The summed E-state index contributed by atoms with van der Waals surface area (Å²) in [5.41, 5.74) is 0. The van der Waals surface area contributed by atoms with Crippen LogP contribution in [0, 0.1) is 0 Å². The molecule has 0 saturated carbocycles. The van der Waals surface area contributed by atoms with E-state index in [4.69, 9.17) is 0 Å². The van der Waals surface area contributed by atoms with Gasteiger partial charge >= 0.3 is 0 Å². The fraction of sp³-hybridized carbons (Fsp3) is 0.455. The highest BCUT2D eigenvalue weighted by Crippen LogP contribution is 2.10. The van der Waals surface area contributed by atoms with Crippen molar-refractivity contribution in [2.24, 2.45) is 0 Å². The number of carbonyl (C=O) groups excluding carboxylic acids is 2. The zero-order chi connectivity index (χ0) is 11.5. The largest absolute Gasteiger partial charge is 0.341 e. The van der Waals surface area contributed by atoms with E-state index in [1.54, 1.807) is 17.9 Å². The predicted octanol–water partition coefficient (Wildman–Crippen LogP) is 1.10. The standard InChI is InChI=1S/C11H14N2O2S/c1-8(11(15)13-5-3-6-13)12-10(14)9-4-2-7-16-9/h2,4,7-8H,3,5-6H2,1H3,(H,12,14). The lowest BCUT2D eigenvalue weighted by molar-refractivity contribution is -0.136. The molecule has 1 atom stereocenters. The maximum Gasteiger partial charge on any atom is 0.261 e. The van der Waals surface area contributed by atoms with Crippen LogP contribution in [-0.4, -0.2) is 35.8 Å². The van der Waals surface area contributed by atoms with Crippen LogP contribution in [0.15, 0.2) is 17.5 Å². The second kappa shape index (κ2) is 4.65. The van der Waals surface area contributed by atoms with Crippen molar-refractivity contribution >= 4 is 23.2 Å². The van der Waals surface area contributed by atoms with Gasteiger partial charge in [0.1, 0.15) is 6.04 Å². The van der Waals surface area contributed by atoms with Gasteiger partial charge in [0.2, 0.25) is 5.91 Å². The summed E-state index contributed by atoms with van der Waals surface area (Å²) in [5.74, 6) is -0.160. The van der Waals surface area contributed by atoms with Gasteiger partial charge in [-0.2, -0.15) is 0 Å². The molecule has 5 heteroatoms. The summed E-state index contributed by atoms with van der Waals surface area (Å²) in [4.78, 5) is 25.8. The van der Waals surface area contributed by atoms with E-state index in [2.05, 4.69) is 5.32 Å². The van der Waals surface area contributed by atoms with E-state index >= 15 is 0 Å². The van der Waals surface area contributed by atoms with Crippen molar-refractivity contribution in [2.45, 2.75) is 19.4 Å². The van der Waals surface area contributed by atoms with Gasteiger partial charge in [-0.25, -0.2) is 0 Å². The highest BCUT2D eigenvalue weighted by Gasteiger charge is 2.26. The first-order chi connectivity index (χ1) is 7.68. The molecule has 1 N–H and O–H groups in total. The number of nitrogens with one attached hydrogen (secondary N) is 1. The van der Waals surface area contributed by atoms with Crippen molar-refractivity contribution in [3.05, 3.63) is 22.4 Å². The lowest BCUT2D eigenvalue weighted by Crippen LogP contribution is -2.51. The van der Waals surface area contributed by atoms with Gasteiger partial charge in [0, 0.05) is 13.1 Å². The van der Waals surface area contributed by atoms with E-state index in [9.17, 15) is 9.59 Å². The summed E-state index contributed by atoms with van der Waals surface area (Å²) in [7, 11) is 0. The van der Waals surface area contributed by atoms with Crippen LogP contribution in [0.3, 0.4) is 0 Å². The Balaban J connectivity index is 1.89. The quantitative estimate of drug-likeness (QED) is 0.857. The third-order valence-electron chi connectivity index (χ3n) is 2.63. The summed E-state index contributed by atoms with van der Waals surface area (Å²) in [6.07, 6.45) is 1.07. The van der Waals surface area contributed by atoms with Crippen molar-refractivity contribution in [3.63, 3.8) is 0 Å². The highest BCUT2D eigenvalue weighted by molar-refractivity contribution is 7.12. The van der Waals surface area contributed by atoms with Crippen LogP contribution in [0.4, 0.5) is 0 Å². The van der Waals surface area contributed by atoms with Crippen LogP contribution >= 0.6 is 11.3 Å². The maximum absolute atomic E-state index is 11.7. The highest BCUT2D eigenvalue weighted by atomic mass is 32.1. The van der Waals surface area contributed by atoms with Crippen LogP contribution in [0.25, 0.3) is 0 Å². The van der Waals surface area contributed by atoms with E-state index < -0.39 is 6.04 Å². The molecule has 1 saturated heterocycles. The van der Waals surface area contributed by atoms with E-state index in [1.807, 2.05) is 11.4 Å². The molecule has 0 aromatic carbocycles. The lowest BCUT2D eigenvalue weighted by Gasteiger charge is -2.33. The minimum atomic E-state index is -0.435. The zero-order valence-electron chi connectivity index (χ0n) is 9.10. The van der Waals surface area contributed by atoms with Crippen LogP contribution in [0.1, 0.15) is 23.0 Å². The number of hydrogen-bond acceptors (Lipinski definition) is 3. The molecule has 4 nitrogen and oxygen atoms in total. The molecule has 2 amide bonds. The topological polar surface area (TPSA) is 49.4 Å². The Labute approximate surface area is 98.3 Å². The molecule has 86 valence electrons. The lowest BCUT2D eigenvalue weighted by atomic mass is 10.1. The molecular weight excluding hydrogens is 224 g/mol. The molecule has 2 rings (SSSR count). The Morgan fingerprint density at radius 2 is 2.25 bits per heavy atom. The maximum atomic E-state index is 11.7. The summed E-state index contributed by atoms with van der Waals surface area (Å²) >= 11 is 1.38. The first-order valence-corrected chi connectivity index (χ1v) is 6.19. The number of hydrogen-bond donors (Lipinski definition) is 1. The number of likely N-dealkylation sites (tertiary alicyclic amines) is 1. The van der Waals surface area contributed by atoms with Crippen LogP contribution in [0.5, 0.6) is 0 Å². The third kappa shape index (κ3) is 2.24. The Kier molecular flexibility index (Phi) is 3.24. The minimum absolute atomic E-state index is 0.0103. The normalized spacial score (nSPS) is 16.4. The molecule has 0 bridgehead atoms. The predicted molar refractivity (Wildman–Crippen MR) is 62.4 cm³/mol. The number of carbonyl (C=O) groups is 2. The van der Waals surface area contributed by atoms with Crippen molar-refractivity contribution in [1.29, 1.82) is 0 Å². The first-order valence-electron chi connectivity index (χ1n) is 5.31. The van der Waals surface area contributed by atoms with E-state index in [1.165, 1.54) is 11.3 Å². The monoisotopic (exact) mass is 238 g/mol. The Morgan fingerprint density at radius 1 is 1.50 bits per heavy atom. The molecule has 16 heavy (non-hydrogen) atoms. The molecule has 0 radical (unpaired) electrons. The molecule has 1 aliphatic rings. The average molecular weight is 238 g/mol. The number of thiophene rings is 1. The fourth-order valence-corrected chi connectivity index (χ4v) is 2.17. The molecule has 1 aliphatic heterocycles. The number of nitrogens with zero attached hydrogens (tertiary/aromatic N) is 1. The summed E-state index contributed by atoms with van der Waals surface area (Å²) in [6.45, 7) is 3.36. The van der Waals surface area contributed by atoms with Crippen molar-refractivity contribution in [1.82, 2.24) is 10.2 Å². The van der Waals surface area contributed by atoms with Crippen molar-refractivity contribution in [3.8, 4) is 0 Å². The molecule has 0 spiro atoms. The molecule has 1 fully saturated rings. The van der Waals surface area contributed by atoms with Crippen LogP contribution < -0.4 is 5.32 Å². The van der Waals surface area contributed by atoms with Gasteiger partial charge in [-0.05, 0) is 24.8 Å². The molecule has 2 heterocycles. The van der Waals surface area contributed by atoms with Crippen LogP contribution in [-0.2, 0) is 4.79 Å². The molecule has 1 aromatic heterocycles. The summed E-state index contributed by atoms with van der Waals surface area (Å²) < 4.78 is 0. The van der Waals surface area contributed by atoms with E-state index in [-0.39, 0.29) is 11.8 Å². The average Bonchev–Trinajstić information content (AvgIpc) is 2.67. The molecule has 1 aromatic rings. The number of rotatable bonds is 3. The Bertz CT molecular complexity index is 385. The summed E-state index contributed by atoms with van der Waals surface area (Å²) in [6, 6.07) is 3.14. The van der Waals surface area contributed by atoms with E-state index in [0.29, 0.717) is 4.88 Å². The van der Waals surface area contributed by atoms with Gasteiger partial charge in [-0.3, -0.25) is 9.59 Å². The van der Waals surface area contributed by atoms with Crippen LogP contribution in [0.2, 0.25) is 0 Å². The smallest absolute Gasteiger partial charge is 0.261 e. The third-order valence-corrected chi connectivity index (χ3v) is 3.50. The summed E-state index contributed by atoms with van der Waals surface area (Å²) in [5, 5.41) is 4.56. The second-order valence-corrected chi connectivity index (χ2v) is 4.80. The molecular formula is C11H14N2O2S. The van der Waals surface area contributed by atoms with Gasteiger partial charge in [-0.15, -0.1) is 11.3 Å². The zero-order valence-corrected chi connectivity index (χ0v) is 9.92. The minimum Gasteiger partial charge on any atom is -0.341 e. The SMILES string of the molecule is CC(NC(=O)c1cccs1)C(=O)N1CCC1. The first kappa shape index (κ1) is 11.1. The van der Waals surface area contributed by atoms with Crippen molar-refractivity contribution < 1.29 is 9.59 Å². The van der Waals surface area contributed by atoms with Gasteiger partial charge in [0.05, 0.1) is 4.88 Å². The van der Waals surface area contributed by atoms with Gasteiger partial charge in [0.15, 0.2) is 0 Å².